The van der Waals surface area contributed by atoms with Gasteiger partial charge in [0.05, 0.1) is 12.9 Å². The van der Waals surface area contributed by atoms with E-state index in [2.05, 4.69) is 23.6 Å². The van der Waals surface area contributed by atoms with E-state index < -0.39 is 6.36 Å². The fraction of sp³-hybridized carbons (Fsp3) is 0.571. The molecule has 0 aliphatic heterocycles. The number of unbranched alkanes of at least 4 members (excludes halogenated alkanes) is 1. The molecule has 0 spiro atoms. The first kappa shape index (κ1) is 18.6. The molecule has 0 amide bonds. The molecule has 0 saturated heterocycles. The number of halogens is 3. The third-order valence-electron chi connectivity index (χ3n) is 2.17. The molecule has 3 nitrogen and oxygen atoms in total. The molecule has 6 heteroatoms. The summed E-state index contributed by atoms with van der Waals surface area (Å²) in [5.41, 5.74) is 0. The number of allylic oxidation sites excluding steroid dienone is 3. The molecule has 20 heavy (non-hydrogen) atoms. The standard InChI is InChI=1S/C14H22F3NO2/c1-3-5-9-18-10-6-11-19-12-8-13(7-4-2)20-14(15,16)17/h4,7-8,12,18H,2-3,5-6,9-11H2,1H3/b12-8-,13-7+. The highest BCUT2D eigenvalue weighted by Crippen LogP contribution is 2.21. The van der Waals surface area contributed by atoms with Gasteiger partial charge < -0.3 is 14.8 Å². The summed E-state index contributed by atoms with van der Waals surface area (Å²) in [7, 11) is 0. The summed E-state index contributed by atoms with van der Waals surface area (Å²) in [6, 6.07) is 0. The summed E-state index contributed by atoms with van der Waals surface area (Å²) < 4.78 is 44.9. The minimum atomic E-state index is -4.72. The van der Waals surface area contributed by atoms with Crippen LogP contribution < -0.4 is 5.32 Å². The lowest BCUT2D eigenvalue weighted by atomic mass is 10.3. The molecule has 1 N–H and O–H groups in total. The van der Waals surface area contributed by atoms with Crippen LogP contribution in [0.4, 0.5) is 13.2 Å². The van der Waals surface area contributed by atoms with Crippen molar-refractivity contribution in [3.63, 3.8) is 0 Å². The second-order valence-corrected chi connectivity index (χ2v) is 3.98. The van der Waals surface area contributed by atoms with Crippen LogP contribution in [0.3, 0.4) is 0 Å². The van der Waals surface area contributed by atoms with Crippen molar-refractivity contribution >= 4 is 0 Å². The number of alkyl halides is 3. The van der Waals surface area contributed by atoms with Crippen molar-refractivity contribution in [3.05, 3.63) is 36.8 Å². The maximum absolute atomic E-state index is 12.0. The van der Waals surface area contributed by atoms with E-state index in [1.54, 1.807) is 0 Å². The molecular formula is C14H22F3NO2. The molecule has 0 atom stereocenters. The topological polar surface area (TPSA) is 30.5 Å². The molecule has 0 rings (SSSR count). The van der Waals surface area contributed by atoms with Gasteiger partial charge in [-0.3, -0.25) is 0 Å². The molecule has 0 aromatic heterocycles. The molecule has 0 unspecified atom stereocenters. The molecule has 0 saturated carbocycles. The molecular weight excluding hydrogens is 271 g/mol. The van der Waals surface area contributed by atoms with Gasteiger partial charge in [0, 0.05) is 6.08 Å². The Morgan fingerprint density at radius 3 is 2.55 bits per heavy atom. The fourth-order valence-corrected chi connectivity index (χ4v) is 1.26. The quantitative estimate of drug-likeness (QED) is 0.356. The van der Waals surface area contributed by atoms with Gasteiger partial charge in [0.1, 0.15) is 5.76 Å². The average Bonchev–Trinajstić information content (AvgIpc) is 2.35. The third-order valence-corrected chi connectivity index (χ3v) is 2.17. The highest BCUT2D eigenvalue weighted by molar-refractivity contribution is 5.16. The van der Waals surface area contributed by atoms with E-state index in [9.17, 15) is 13.2 Å². The first-order chi connectivity index (χ1) is 9.49. The molecule has 0 radical (unpaired) electrons. The van der Waals surface area contributed by atoms with Gasteiger partial charge in [-0.15, -0.1) is 13.2 Å². The number of nitrogens with one attached hydrogen (secondary N) is 1. The summed E-state index contributed by atoms with van der Waals surface area (Å²) in [6.45, 7) is 7.66. The highest BCUT2D eigenvalue weighted by Gasteiger charge is 2.31. The molecule has 0 bridgehead atoms. The Morgan fingerprint density at radius 1 is 1.25 bits per heavy atom. The highest BCUT2D eigenvalue weighted by atomic mass is 19.4. The van der Waals surface area contributed by atoms with Gasteiger partial charge in [0.25, 0.3) is 0 Å². The third kappa shape index (κ3) is 13.0. The molecule has 0 aliphatic carbocycles. The lowest BCUT2D eigenvalue weighted by molar-refractivity contribution is -0.303. The van der Waals surface area contributed by atoms with Crippen LogP contribution in [0, 0.1) is 0 Å². The Bertz CT molecular complexity index is 312. The summed E-state index contributed by atoms with van der Waals surface area (Å²) >= 11 is 0. The molecule has 0 aromatic rings. The predicted molar refractivity (Wildman–Crippen MR) is 72.9 cm³/mol. The zero-order chi connectivity index (χ0) is 15.3. The SMILES string of the molecule is C=C/C=C(\C=C/OCCCNCCCC)OC(F)(F)F. The maximum atomic E-state index is 12.0. The Kier molecular flexibility index (Phi) is 10.6. The van der Waals surface area contributed by atoms with Crippen LogP contribution in [-0.4, -0.2) is 26.1 Å². The summed E-state index contributed by atoms with van der Waals surface area (Å²) in [5.74, 6) is -0.367. The zero-order valence-corrected chi connectivity index (χ0v) is 11.7. The molecule has 116 valence electrons. The average molecular weight is 293 g/mol. The fourth-order valence-electron chi connectivity index (χ4n) is 1.26. The van der Waals surface area contributed by atoms with Gasteiger partial charge >= 0.3 is 6.36 Å². The van der Waals surface area contributed by atoms with E-state index >= 15 is 0 Å². The monoisotopic (exact) mass is 293 g/mol. The Balaban J connectivity index is 3.80. The van der Waals surface area contributed by atoms with Crippen LogP contribution in [0.25, 0.3) is 0 Å². The van der Waals surface area contributed by atoms with Crippen molar-refractivity contribution in [1.82, 2.24) is 5.32 Å². The number of hydrogen-bond acceptors (Lipinski definition) is 3. The van der Waals surface area contributed by atoms with Gasteiger partial charge in [0.2, 0.25) is 0 Å². The summed E-state index contributed by atoms with van der Waals surface area (Å²) in [5, 5.41) is 3.24. The second kappa shape index (κ2) is 11.4. The molecule has 0 fully saturated rings. The molecule has 0 heterocycles. The van der Waals surface area contributed by atoms with Crippen molar-refractivity contribution in [3.8, 4) is 0 Å². The van der Waals surface area contributed by atoms with Gasteiger partial charge in [-0.2, -0.15) is 0 Å². The van der Waals surface area contributed by atoms with Crippen LogP contribution >= 0.6 is 0 Å². The van der Waals surface area contributed by atoms with Gasteiger partial charge in [-0.25, -0.2) is 0 Å². The Labute approximate surface area is 118 Å². The van der Waals surface area contributed by atoms with Crippen LogP contribution in [0.15, 0.2) is 36.8 Å². The first-order valence-corrected chi connectivity index (χ1v) is 6.57. The van der Waals surface area contributed by atoms with Gasteiger partial charge in [-0.1, -0.05) is 26.0 Å². The summed E-state index contributed by atoms with van der Waals surface area (Å²) in [4.78, 5) is 0. The molecule has 0 aromatic carbocycles. The lowest BCUT2D eigenvalue weighted by Gasteiger charge is -2.09. The zero-order valence-electron chi connectivity index (χ0n) is 11.7. The van der Waals surface area contributed by atoms with E-state index in [4.69, 9.17) is 4.74 Å². The van der Waals surface area contributed by atoms with Crippen LogP contribution in [0.1, 0.15) is 26.2 Å². The van der Waals surface area contributed by atoms with Gasteiger partial charge in [-0.05, 0) is 32.0 Å². The lowest BCUT2D eigenvalue weighted by Crippen LogP contribution is -2.17. The van der Waals surface area contributed by atoms with Crippen molar-refractivity contribution in [2.24, 2.45) is 0 Å². The van der Waals surface area contributed by atoms with Crippen molar-refractivity contribution < 1.29 is 22.6 Å². The number of hydrogen-bond donors (Lipinski definition) is 1. The molecule has 0 aliphatic rings. The summed E-state index contributed by atoms with van der Waals surface area (Å²) in [6.07, 6.45) is 2.96. The largest absolute Gasteiger partial charge is 0.573 e. The Hall–Kier alpha value is -1.43. The van der Waals surface area contributed by atoms with E-state index in [1.165, 1.54) is 12.3 Å². The van der Waals surface area contributed by atoms with E-state index in [-0.39, 0.29) is 5.76 Å². The van der Waals surface area contributed by atoms with E-state index in [0.29, 0.717) is 6.61 Å². The van der Waals surface area contributed by atoms with Crippen LogP contribution in [0.2, 0.25) is 0 Å². The number of rotatable bonds is 11. The normalized spacial score (nSPS) is 12.7. The Morgan fingerprint density at radius 2 is 1.95 bits per heavy atom. The second-order valence-electron chi connectivity index (χ2n) is 3.98. The predicted octanol–water partition coefficient (Wildman–Crippen LogP) is 3.90. The number of ether oxygens (including phenoxy) is 2. The van der Waals surface area contributed by atoms with E-state index in [1.807, 2.05) is 0 Å². The minimum Gasteiger partial charge on any atom is -0.501 e. The maximum Gasteiger partial charge on any atom is 0.573 e. The van der Waals surface area contributed by atoms with Crippen LogP contribution in [-0.2, 0) is 9.47 Å². The first-order valence-electron chi connectivity index (χ1n) is 6.57. The van der Waals surface area contributed by atoms with Crippen LogP contribution in [0.5, 0.6) is 0 Å². The van der Waals surface area contributed by atoms with Gasteiger partial charge in [0.15, 0.2) is 0 Å². The van der Waals surface area contributed by atoms with E-state index in [0.717, 1.165) is 44.5 Å². The van der Waals surface area contributed by atoms with Crippen molar-refractivity contribution in [1.29, 1.82) is 0 Å². The smallest absolute Gasteiger partial charge is 0.501 e. The van der Waals surface area contributed by atoms with Crippen molar-refractivity contribution in [2.75, 3.05) is 19.7 Å². The van der Waals surface area contributed by atoms with Crippen molar-refractivity contribution in [2.45, 2.75) is 32.5 Å². The minimum absolute atomic E-state index is 0.367.